The van der Waals surface area contributed by atoms with Crippen molar-refractivity contribution in [2.75, 3.05) is 0 Å². The average Bonchev–Trinajstić information content (AvgIpc) is 1.96. The van der Waals surface area contributed by atoms with Gasteiger partial charge in [-0.05, 0) is 0 Å². The minimum atomic E-state index is 0. The summed E-state index contributed by atoms with van der Waals surface area (Å²) < 4.78 is 8.06. The van der Waals surface area contributed by atoms with E-state index in [0.717, 1.165) is 0 Å². The van der Waals surface area contributed by atoms with Crippen molar-refractivity contribution in [2.45, 2.75) is 0 Å². The summed E-state index contributed by atoms with van der Waals surface area (Å²) in [5.74, 6) is 0. The zero-order chi connectivity index (χ0) is 6.24. The molecule has 0 saturated carbocycles. The molecule has 0 saturated heterocycles. The lowest BCUT2D eigenvalue weighted by atomic mass is 10.4. The van der Waals surface area contributed by atoms with Crippen LogP contribution in [0, 0.1) is 0 Å². The molecule has 0 aromatic heterocycles. The predicted molar refractivity (Wildman–Crippen MR) is 66.3 cm³/mol. The Balaban J connectivity index is -0.000000114. The Hall–Kier alpha value is 0.780. The van der Waals surface area contributed by atoms with Crippen molar-refractivity contribution in [3.63, 3.8) is 0 Å². The van der Waals surface area contributed by atoms with Crippen molar-refractivity contribution < 1.29 is 4.57 Å². The SMILES string of the molecule is I.I.O=P.c1ccccc1. The summed E-state index contributed by atoms with van der Waals surface area (Å²) in [6.45, 7) is 0. The van der Waals surface area contributed by atoms with E-state index < -0.39 is 0 Å². The van der Waals surface area contributed by atoms with Gasteiger partial charge in [-0.15, -0.1) is 48.0 Å². The molecule has 0 unspecified atom stereocenters. The van der Waals surface area contributed by atoms with Gasteiger partial charge in [0.05, 0.1) is 0 Å². The second-order valence-electron chi connectivity index (χ2n) is 1.15. The Morgan fingerprint density at radius 1 is 0.600 bits per heavy atom. The van der Waals surface area contributed by atoms with Crippen LogP contribution < -0.4 is 0 Å². The molecule has 10 heavy (non-hydrogen) atoms. The minimum absolute atomic E-state index is 0. The van der Waals surface area contributed by atoms with Crippen LogP contribution in [0.5, 0.6) is 0 Å². The first kappa shape index (κ1) is 17.0. The van der Waals surface area contributed by atoms with Gasteiger partial charge in [0.1, 0.15) is 9.12 Å². The zero-order valence-electron chi connectivity index (χ0n) is 5.19. The number of halogens is 2. The zero-order valence-corrected chi connectivity index (χ0v) is 10.8. The van der Waals surface area contributed by atoms with Crippen LogP contribution in [-0.4, -0.2) is 0 Å². The maximum Gasteiger partial charge on any atom is 0.138 e. The van der Waals surface area contributed by atoms with Crippen LogP contribution in [0.2, 0.25) is 0 Å². The highest BCUT2D eigenvalue weighted by molar-refractivity contribution is 14.0. The number of hydrogen-bond donors (Lipinski definition) is 0. The molecule has 1 aromatic carbocycles. The van der Waals surface area contributed by atoms with Gasteiger partial charge < -0.3 is 0 Å². The molecule has 0 bridgehead atoms. The van der Waals surface area contributed by atoms with Crippen LogP contribution in [0.3, 0.4) is 0 Å². The molecule has 0 atom stereocenters. The van der Waals surface area contributed by atoms with E-state index in [-0.39, 0.29) is 48.0 Å². The lowest BCUT2D eigenvalue weighted by molar-refractivity contribution is 0.607. The Kier molecular flexibility index (Phi) is 27.9. The van der Waals surface area contributed by atoms with Gasteiger partial charge in [0, 0.05) is 0 Å². The smallest absolute Gasteiger partial charge is 0.138 e. The molecular weight excluding hydrogens is 373 g/mol. The molecule has 0 radical (unpaired) electrons. The fourth-order valence-corrected chi connectivity index (χ4v) is 0.385. The molecule has 0 amide bonds. The monoisotopic (exact) mass is 382 g/mol. The second kappa shape index (κ2) is 16.4. The average molecular weight is 382 g/mol. The Morgan fingerprint density at radius 3 is 0.800 bits per heavy atom. The lowest BCUT2D eigenvalue weighted by Crippen LogP contribution is -1.47. The second-order valence-corrected chi connectivity index (χ2v) is 1.15. The van der Waals surface area contributed by atoms with Gasteiger partial charge in [0.2, 0.25) is 0 Å². The predicted octanol–water partition coefficient (Wildman–Crippen LogP) is 3.40. The van der Waals surface area contributed by atoms with E-state index in [4.69, 9.17) is 4.57 Å². The molecule has 0 N–H and O–H groups in total. The fourth-order valence-electron chi connectivity index (χ4n) is 0.385. The van der Waals surface area contributed by atoms with Crippen molar-refractivity contribution in [3.8, 4) is 0 Å². The molecule has 0 aliphatic carbocycles. The maximum atomic E-state index is 8.06. The van der Waals surface area contributed by atoms with Gasteiger partial charge in [-0.3, -0.25) is 4.57 Å². The highest BCUT2D eigenvalue weighted by atomic mass is 127. The molecule has 1 aromatic rings. The highest BCUT2D eigenvalue weighted by Crippen LogP contribution is 1.79. The van der Waals surface area contributed by atoms with Gasteiger partial charge in [0.25, 0.3) is 0 Å². The van der Waals surface area contributed by atoms with E-state index in [9.17, 15) is 0 Å². The molecule has 58 valence electrons. The first-order chi connectivity index (χ1) is 4.00. The topological polar surface area (TPSA) is 17.1 Å². The summed E-state index contributed by atoms with van der Waals surface area (Å²) >= 11 is 0. The third-order valence-corrected chi connectivity index (χ3v) is 0.667. The largest absolute Gasteiger partial charge is 0.279 e. The summed E-state index contributed by atoms with van der Waals surface area (Å²) in [6.07, 6.45) is 0. The summed E-state index contributed by atoms with van der Waals surface area (Å²) in [7, 11) is 1.72. The van der Waals surface area contributed by atoms with Gasteiger partial charge in [-0.2, -0.15) is 0 Å². The summed E-state index contributed by atoms with van der Waals surface area (Å²) in [4.78, 5) is 0. The van der Waals surface area contributed by atoms with Crippen LogP contribution in [0.1, 0.15) is 0 Å². The first-order valence-corrected chi connectivity index (χ1v) is 2.61. The fraction of sp³-hybridized carbons (Fsp3) is 0. The standard InChI is InChI=1S/C6H6.2HI.HOP/c1-2-4-6-5-3-1;;;1-2/h1-6H;2*1H;2H. The lowest BCUT2D eigenvalue weighted by Gasteiger charge is -1.69. The molecule has 1 nitrogen and oxygen atoms in total. The van der Waals surface area contributed by atoms with Gasteiger partial charge in [-0.1, -0.05) is 36.4 Å². The third kappa shape index (κ3) is 11.6. The van der Waals surface area contributed by atoms with Crippen molar-refractivity contribution in [1.82, 2.24) is 0 Å². The molecule has 0 heterocycles. The van der Waals surface area contributed by atoms with Crippen molar-refractivity contribution in [3.05, 3.63) is 36.4 Å². The molecule has 0 aliphatic rings. The number of hydrogen-bond acceptors (Lipinski definition) is 1. The van der Waals surface area contributed by atoms with Gasteiger partial charge >= 0.3 is 0 Å². The molecule has 0 spiro atoms. The Morgan fingerprint density at radius 2 is 0.700 bits per heavy atom. The Bertz CT molecular complexity index is 98.6. The maximum absolute atomic E-state index is 8.06. The summed E-state index contributed by atoms with van der Waals surface area (Å²) in [5, 5.41) is 0. The van der Waals surface area contributed by atoms with Crippen LogP contribution in [0.25, 0.3) is 0 Å². The first-order valence-electron chi connectivity index (χ1n) is 2.20. The molecule has 0 fully saturated rings. The molecular formula is C6H9I2OP. The van der Waals surface area contributed by atoms with Crippen molar-refractivity contribution in [2.24, 2.45) is 0 Å². The quantitative estimate of drug-likeness (QED) is 0.497. The van der Waals surface area contributed by atoms with E-state index >= 15 is 0 Å². The van der Waals surface area contributed by atoms with Crippen molar-refractivity contribution >= 4 is 57.1 Å². The Labute approximate surface area is 97.3 Å². The van der Waals surface area contributed by atoms with Gasteiger partial charge in [-0.25, -0.2) is 0 Å². The molecule has 1 rings (SSSR count). The highest BCUT2D eigenvalue weighted by Gasteiger charge is 1.57. The van der Waals surface area contributed by atoms with Gasteiger partial charge in [0.15, 0.2) is 0 Å². The van der Waals surface area contributed by atoms with Crippen LogP contribution >= 0.6 is 57.1 Å². The van der Waals surface area contributed by atoms with Crippen LogP contribution in [0.15, 0.2) is 36.4 Å². The molecule has 4 heteroatoms. The number of rotatable bonds is 0. The summed E-state index contributed by atoms with van der Waals surface area (Å²) in [5.41, 5.74) is 0. The van der Waals surface area contributed by atoms with E-state index in [1.165, 1.54) is 0 Å². The van der Waals surface area contributed by atoms with Crippen molar-refractivity contribution in [1.29, 1.82) is 0 Å². The normalized spacial score (nSPS) is 5.20. The minimum Gasteiger partial charge on any atom is -0.279 e. The van der Waals surface area contributed by atoms with Crippen LogP contribution in [0.4, 0.5) is 0 Å². The van der Waals surface area contributed by atoms with E-state index in [1.807, 2.05) is 36.4 Å². The number of benzene rings is 1. The van der Waals surface area contributed by atoms with Crippen LogP contribution in [-0.2, 0) is 4.57 Å². The van der Waals surface area contributed by atoms with E-state index in [2.05, 4.69) is 0 Å². The van der Waals surface area contributed by atoms with E-state index in [1.54, 1.807) is 9.12 Å². The van der Waals surface area contributed by atoms with E-state index in [0.29, 0.717) is 0 Å². The summed E-state index contributed by atoms with van der Waals surface area (Å²) in [6, 6.07) is 12.0. The third-order valence-electron chi connectivity index (χ3n) is 0.667. The molecule has 0 aliphatic heterocycles.